The zero-order chi connectivity index (χ0) is 12.8. The Balaban J connectivity index is 3.03. The summed E-state index contributed by atoms with van der Waals surface area (Å²) in [5, 5.41) is 0. The maximum absolute atomic E-state index is 10.9. The van der Waals surface area contributed by atoms with E-state index in [1.165, 1.54) is 14.0 Å². The minimum Gasteiger partial charge on any atom is -0.493 e. The summed E-state index contributed by atoms with van der Waals surface area (Å²) in [4.78, 5) is 10.9. The van der Waals surface area contributed by atoms with Gasteiger partial charge in [-0.05, 0) is 18.2 Å². The Morgan fingerprint density at radius 2 is 1.76 bits per heavy atom. The molecule has 0 atom stereocenters. The molecule has 0 fully saturated rings. The summed E-state index contributed by atoms with van der Waals surface area (Å²) in [5.41, 5.74) is 0.780. The zero-order valence-electron chi connectivity index (χ0n) is 10.4. The predicted octanol–water partition coefficient (Wildman–Crippen LogP) is 1.91. The molecule has 0 radical (unpaired) electrons. The van der Waals surface area contributed by atoms with Gasteiger partial charge in [-0.1, -0.05) is 0 Å². The molecule has 94 valence electrons. The fraction of sp³-hybridized carbons (Fsp3) is 0.417. The van der Waals surface area contributed by atoms with Gasteiger partial charge in [0.05, 0.1) is 7.11 Å². The molecule has 0 aliphatic heterocycles. The Bertz CT molecular complexity index is 384. The molecule has 5 heteroatoms. The highest BCUT2D eigenvalue weighted by atomic mass is 16.7. The van der Waals surface area contributed by atoms with Crippen molar-refractivity contribution < 1.29 is 23.7 Å². The van der Waals surface area contributed by atoms with Gasteiger partial charge in [-0.25, -0.2) is 0 Å². The molecular weight excluding hydrogens is 224 g/mol. The molecule has 1 aromatic rings. The second-order valence-electron chi connectivity index (χ2n) is 3.31. The summed E-state index contributed by atoms with van der Waals surface area (Å²) in [6, 6.07) is 5.09. The Labute approximate surface area is 100 Å². The van der Waals surface area contributed by atoms with Crippen molar-refractivity contribution in [3.8, 4) is 11.5 Å². The van der Waals surface area contributed by atoms with Crippen LogP contribution in [0.25, 0.3) is 0 Å². The van der Waals surface area contributed by atoms with Crippen LogP contribution in [-0.4, -0.2) is 27.3 Å². The molecule has 0 aromatic heterocycles. The lowest BCUT2D eigenvalue weighted by atomic mass is 10.2. The largest absolute Gasteiger partial charge is 0.493 e. The Kier molecular flexibility index (Phi) is 4.93. The van der Waals surface area contributed by atoms with Gasteiger partial charge in [-0.15, -0.1) is 0 Å². The van der Waals surface area contributed by atoms with Crippen molar-refractivity contribution >= 4 is 5.97 Å². The van der Waals surface area contributed by atoms with Crippen LogP contribution in [0.1, 0.15) is 18.8 Å². The van der Waals surface area contributed by atoms with Crippen LogP contribution >= 0.6 is 0 Å². The molecular formula is C12H16O5. The molecule has 0 bridgehead atoms. The van der Waals surface area contributed by atoms with E-state index in [1.54, 1.807) is 32.4 Å². The average Bonchev–Trinajstić information content (AvgIpc) is 2.31. The van der Waals surface area contributed by atoms with Crippen molar-refractivity contribution in [1.29, 1.82) is 0 Å². The van der Waals surface area contributed by atoms with Crippen molar-refractivity contribution in [3.63, 3.8) is 0 Å². The molecule has 0 spiro atoms. The van der Waals surface area contributed by atoms with Crippen molar-refractivity contribution in [2.45, 2.75) is 13.2 Å². The minimum absolute atomic E-state index is 0.370. The molecule has 0 heterocycles. The summed E-state index contributed by atoms with van der Waals surface area (Å²) in [7, 11) is 4.59. The number of ether oxygens (including phenoxy) is 4. The number of carbonyl (C=O) groups excluding carboxylic acids is 1. The first kappa shape index (κ1) is 13.5. The lowest BCUT2D eigenvalue weighted by Crippen LogP contribution is -2.06. The first-order chi connectivity index (χ1) is 8.12. The highest BCUT2D eigenvalue weighted by molar-refractivity contribution is 5.70. The smallest absolute Gasteiger partial charge is 0.308 e. The number of rotatable bonds is 5. The molecule has 17 heavy (non-hydrogen) atoms. The summed E-state index contributed by atoms with van der Waals surface area (Å²) >= 11 is 0. The summed E-state index contributed by atoms with van der Waals surface area (Å²) in [6.07, 6.45) is -0.477. The van der Waals surface area contributed by atoms with Crippen LogP contribution in [0.3, 0.4) is 0 Å². The third-order valence-electron chi connectivity index (χ3n) is 2.14. The maximum atomic E-state index is 10.9. The van der Waals surface area contributed by atoms with Gasteiger partial charge >= 0.3 is 5.97 Å². The van der Waals surface area contributed by atoms with Crippen LogP contribution in [-0.2, 0) is 14.3 Å². The quantitative estimate of drug-likeness (QED) is 0.447. The van der Waals surface area contributed by atoms with Gasteiger partial charge < -0.3 is 18.9 Å². The molecule has 5 nitrogen and oxygen atoms in total. The highest BCUT2D eigenvalue weighted by Gasteiger charge is 2.13. The van der Waals surface area contributed by atoms with E-state index < -0.39 is 12.3 Å². The molecule has 0 unspecified atom stereocenters. The minimum atomic E-state index is -0.477. The highest BCUT2D eigenvalue weighted by Crippen LogP contribution is 2.31. The molecule has 0 amide bonds. The van der Waals surface area contributed by atoms with Gasteiger partial charge in [-0.3, -0.25) is 4.79 Å². The van der Waals surface area contributed by atoms with Crippen molar-refractivity contribution in [3.05, 3.63) is 23.8 Å². The molecule has 0 aliphatic carbocycles. The second kappa shape index (κ2) is 6.22. The van der Waals surface area contributed by atoms with Crippen LogP contribution < -0.4 is 9.47 Å². The molecule has 0 N–H and O–H groups in total. The second-order valence-corrected chi connectivity index (χ2v) is 3.31. The normalized spacial score (nSPS) is 10.4. The average molecular weight is 240 g/mol. The maximum Gasteiger partial charge on any atom is 0.308 e. The van der Waals surface area contributed by atoms with Crippen LogP contribution in [0.2, 0.25) is 0 Å². The molecule has 0 aliphatic rings. The fourth-order valence-electron chi connectivity index (χ4n) is 1.44. The summed E-state index contributed by atoms with van der Waals surface area (Å²) in [6.45, 7) is 1.33. The van der Waals surface area contributed by atoms with Crippen molar-refractivity contribution in [2.75, 3.05) is 21.3 Å². The molecule has 0 saturated heterocycles. The Hall–Kier alpha value is -1.59. The van der Waals surface area contributed by atoms with E-state index in [0.717, 1.165) is 5.56 Å². The van der Waals surface area contributed by atoms with Gasteiger partial charge in [0.25, 0.3) is 0 Å². The fourth-order valence-corrected chi connectivity index (χ4v) is 1.44. The van der Waals surface area contributed by atoms with E-state index in [-0.39, 0.29) is 0 Å². The van der Waals surface area contributed by atoms with E-state index in [2.05, 4.69) is 0 Å². The van der Waals surface area contributed by atoms with Gasteiger partial charge in [0.1, 0.15) is 0 Å². The van der Waals surface area contributed by atoms with Crippen molar-refractivity contribution in [1.82, 2.24) is 0 Å². The van der Waals surface area contributed by atoms with Gasteiger partial charge in [0.15, 0.2) is 17.8 Å². The zero-order valence-corrected chi connectivity index (χ0v) is 10.4. The topological polar surface area (TPSA) is 54.0 Å². The third-order valence-corrected chi connectivity index (χ3v) is 2.14. The monoisotopic (exact) mass is 240 g/mol. The number of hydrogen-bond acceptors (Lipinski definition) is 5. The van der Waals surface area contributed by atoms with Crippen LogP contribution in [0.15, 0.2) is 18.2 Å². The van der Waals surface area contributed by atoms with E-state index in [1.807, 2.05) is 0 Å². The van der Waals surface area contributed by atoms with Crippen LogP contribution in [0.4, 0.5) is 0 Å². The summed E-state index contributed by atoms with van der Waals surface area (Å²) < 4.78 is 20.4. The van der Waals surface area contributed by atoms with E-state index in [0.29, 0.717) is 11.5 Å². The van der Waals surface area contributed by atoms with E-state index >= 15 is 0 Å². The number of benzene rings is 1. The van der Waals surface area contributed by atoms with Crippen molar-refractivity contribution in [2.24, 2.45) is 0 Å². The number of methoxy groups -OCH3 is 3. The van der Waals surface area contributed by atoms with Gasteiger partial charge in [0.2, 0.25) is 0 Å². The van der Waals surface area contributed by atoms with Crippen LogP contribution in [0, 0.1) is 0 Å². The standard InChI is InChI=1S/C12H16O5/c1-8(13)17-10-6-5-9(7-11(10)14-2)12(15-3)16-4/h5-7,12H,1-4H3. The number of carbonyl (C=O) groups is 1. The SMILES string of the molecule is COc1cc(C(OC)OC)ccc1OC(C)=O. The first-order valence-corrected chi connectivity index (χ1v) is 5.04. The van der Waals surface area contributed by atoms with E-state index in [4.69, 9.17) is 18.9 Å². The lowest BCUT2D eigenvalue weighted by Gasteiger charge is -2.15. The Morgan fingerprint density at radius 1 is 1.12 bits per heavy atom. The number of esters is 1. The molecule has 1 rings (SSSR count). The van der Waals surface area contributed by atoms with E-state index in [9.17, 15) is 4.79 Å². The van der Waals surface area contributed by atoms with Crippen LogP contribution in [0.5, 0.6) is 11.5 Å². The molecule has 0 saturated carbocycles. The molecule has 1 aromatic carbocycles. The third kappa shape index (κ3) is 3.44. The number of hydrogen-bond donors (Lipinski definition) is 0. The van der Waals surface area contributed by atoms with Gasteiger partial charge in [-0.2, -0.15) is 0 Å². The Morgan fingerprint density at radius 3 is 2.24 bits per heavy atom. The predicted molar refractivity (Wildman–Crippen MR) is 61.1 cm³/mol. The van der Waals surface area contributed by atoms with Gasteiger partial charge in [0, 0.05) is 26.7 Å². The summed E-state index contributed by atoms with van der Waals surface area (Å²) in [5.74, 6) is 0.428. The lowest BCUT2D eigenvalue weighted by molar-refractivity contribution is -0.132. The first-order valence-electron chi connectivity index (χ1n) is 5.04.